The van der Waals surface area contributed by atoms with E-state index >= 15 is 0 Å². The van der Waals surface area contributed by atoms with Crippen molar-refractivity contribution < 1.29 is 19.0 Å². The fourth-order valence-electron chi connectivity index (χ4n) is 5.49. The van der Waals surface area contributed by atoms with E-state index in [9.17, 15) is 4.79 Å². The molecule has 188 valence electrons. The Morgan fingerprint density at radius 3 is 2.58 bits per heavy atom. The molecule has 36 heavy (non-hydrogen) atoms. The molecule has 2 aliphatic heterocycles. The van der Waals surface area contributed by atoms with Gasteiger partial charge in [-0.05, 0) is 66.3 Å². The largest absolute Gasteiger partial charge is 0.454 e. The summed E-state index contributed by atoms with van der Waals surface area (Å²) in [5.41, 5.74) is 6.00. The van der Waals surface area contributed by atoms with Crippen molar-refractivity contribution in [2.75, 3.05) is 38.0 Å². The molecule has 1 amide bonds. The lowest BCUT2D eigenvalue weighted by atomic mass is 10.0. The maximum absolute atomic E-state index is 13.4. The summed E-state index contributed by atoms with van der Waals surface area (Å²) in [5.74, 6) is 2.47. The number of hydrogen-bond donors (Lipinski definition) is 0. The van der Waals surface area contributed by atoms with Crippen molar-refractivity contribution in [1.82, 2.24) is 9.88 Å². The number of ether oxygens (including phenoxy) is 3. The number of aryl methyl sites for hydroxylation is 2. The van der Waals surface area contributed by atoms with Crippen LogP contribution in [0.2, 0.25) is 0 Å². The van der Waals surface area contributed by atoms with E-state index in [4.69, 9.17) is 19.2 Å². The first-order valence-electron chi connectivity index (χ1n) is 13.0. The average molecular weight is 488 g/mol. The third-order valence-electron chi connectivity index (χ3n) is 7.37. The molecular weight excluding hydrogens is 454 g/mol. The molecule has 2 aromatic carbocycles. The Morgan fingerprint density at radius 1 is 1.00 bits per heavy atom. The minimum Gasteiger partial charge on any atom is -0.454 e. The van der Waals surface area contributed by atoms with Crippen LogP contribution >= 0.6 is 0 Å². The molecule has 0 bridgehead atoms. The number of amides is 1. The maximum Gasteiger partial charge on any atom is 0.231 e. The van der Waals surface area contributed by atoms with Gasteiger partial charge in [0.05, 0.1) is 18.7 Å². The molecule has 0 unspecified atom stereocenters. The normalized spacial score (nSPS) is 16.6. The molecule has 7 nitrogen and oxygen atoms in total. The van der Waals surface area contributed by atoms with E-state index < -0.39 is 0 Å². The molecule has 3 heterocycles. The van der Waals surface area contributed by atoms with Crippen LogP contribution in [0.1, 0.15) is 42.5 Å². The van der Waals surface area contributed by atoms with Gasteiger partial charge in [0.1, 0.15) is 5.82 Å². The molecule has 1 aliphatic carbocycles. The first kappa shape index (κ1) is 23.1. The van der Waals surface area contributed by atoms with Gasteiger partial charge in [-0.25, -0.2) is 4.98 Å². The highest BCUT2D eigenvalue weighted by Crippen LogP contribution is 2.34. The van der Waals surface area contributed by atoms with Gasteiger partial charge < -0.3 is 24.0 Å². The van der Waals surface area contributed by atoms with Crippen LogP contribution in [0.25, 0.3) is 10.9 Å². The first-order valence-corrected chi connectivity index (χ1v) is 13.0. The van der Waals surface area contributed by atoms with Crippen LogP contribution in [0.3, 0.4) is 0 Å². The molecule has 1 fully saturated rings. The number of carbonyl (C=O) groups is 1. The second kappa shape index (κ2) is 9.62. The van der Waals surface area contributed by atoms with Gasteiger partial charge in [0.15, 0.2) is 11.5 Å². The van der Waals surface area contributed by atoms with Crippen molar-refractivity contribution in [3.63, 3.8) is 0 Å². The number of rotatable bonds is 6. The Bertz CT molecular complexity index is 1300. The number of carbonyl (C=O) groups excluding carboxylic acids is 1. The zero-order chi connectivity index (χ0) is 24.6. The van der Waals surface area contributed by atoms with Gasteiger partial charge in [0, 0.05) is 43.0 Å². The van der Waals surface area contributed by atoms with E-state index in [1.165, 1.54) is 17.5 Å². The molecule has 0 spiro atoms. The van der Waals surface area contributed by atoms with Gasteiger partial charge in [-0.15, -0.1) is 0 Å². The quantitative estimate of drug-likeness (QED) is 0.511. The summed E-state index contributed by atoms with van der Waals surface area (Å²) in [6, 6.07) is 12.8. The van der Waals surface area contributed by atoms with Crippen LogP contribution in [0.4, 0.5) is 5.82 Å². The van der Waals surface area contributed by atoms with Crippen LogP contribution in [0.15, 0.2) is 36.4 Å². The van der Waals surface area contributed by atoms with Gasteiger partial charge in [0.2, 0.25) is 12.7 Å². The number of morpholine rings is 1. The van der Waals surface area contributed by atoms with Gasteiger partial charge >= 0.3 is 0 Å². The number of fused-ring (bicyclic) bond motifs is 3. The summed E-state index contributed by atoms with van der Waals surface area (Å²) >= 11 is 0. The fraction of sp³-hybridized carbons (Fsp3) is 0.448. The lowest BCUT2D eigenvalue weighted by Crippen LogP contribution is -2.38. The summed E-state index contributed by atoms with van der Waals surface area (Å²) in [5, 5.41) is 1.16. The second-order valence-electron chi connectivity index (χ2n) is 10.3. The van der Waals surface area contributed by atoms with E-state index in [1.54, 1.807) is 0 Å². The van der Waals surface area contributed by atoms with Crippen LogP contribution in [-0.4, -0.2) is 48.9 Å². The zero-order valence-electron chi connectivity index (χ0n) is 21.1. The van der Waals surface area contributed by atoms with Crippen LogP contribution < -0.4 is 14.4 Å². The zero-order valence-corrected chi connectivity index (χ0v) is 21.1. The second-order valence-corrected chi connectivity index (χ2v) is 10.3. The molecule has 0 radical (unpaired) electrons. The Hall–Kier alpha value is -3.32. The van der Waals surface area contributed by atoms with Gasteiger partial charge in [-0.3, -0.25) is 4.79 Å². The standard InChI is InChI=1S/C29H33N3O4/c1-19(2)29(33)32(16-20-6-7-26-27(12-20)36-18-35-26)17-24-14-23-13-21-4-3-5-22(21)15-25(23)30-28(24)31-8-10-34-11-9-31/h6-7,12-15,19H,3-5,8-11,16-18H2,1-2H3. The SMILES string of the molecule is CC(C)C(=O)N(Cc1ccc2c(c1)OCO2)Cc1cc2cc3c(cc2nc1N1CCOCC1)CCC3. The van der Waals surface area contributed by atoms with Gasteiger partial charge in [0.25, 0.3) is 0 Å². The number of benzene rings is 2. The summed E-state index contributed by atoms with van der Waals surface area (Å²) in [6.45, 7) is 8.14. The number of anilines is 1. The maximum atomic E-state index is 13.4. The Labute approximate surface area is 212 Å². The monoisotopic (exact) mass is 487 g/mol. The van der Waals surface area contributed by atoms with Crippen molar-refractivity contribution in [3.8, 4) is 11.5 Å². The minimum absolute atomic E-state index is 0.109. The van der Waals surface area contributed by atoms with Gasteiger partial charge in [-0.2, -0.15) is 0 Å². The molecule has 0 saturated carbocycles. The molecule has 1 aromatic heterocycles. The van der Waals surface area contributed by atoms with E-state index in [-0.39, 0.29) is 18.6 Å². The van der Waals surface area contributed by atoms with Crippen molar-refractivity contribution in [1.29, 1.82) is 0 Å². The third kappa shape index (κ3) is 4.48. The summed E-state index contributed by atoms with van der Waals surface area (Å²) in [7, 11) is 0. The summed E-state index contributed by atoms with van der Waals surface area (Å²) < 4.78 is 16.7. The van der Waals surface area contributed by atoms with Crippen molar-refractivity contribution in [2.24, 2.45) is 5.92 Å². The predicted molar refractivity (Wildman–Crippen MR) is 138 cm³/mol. The van der Waals surface area contributed by atoms with E-state index in [1.807, 2.05) is 36.9 Å². The molecule has 6 rings (SSSR count). The average Bonchev–Trinajstić information content (AvgIpc) is 3.55. The lowest BCUT2D eigenvalue weighted by molar-refractivity contribution is -0.135. The molecule has 3 aliphatic rings. The fourth-order valence-corrected chi connectivity index (χ4v) is 5.49. The highest BCUT2D eigenvalue weighted by molar-refractivity contribution is 5.84. The number of aromatic nitrogens is 1. The van der Waals surface area contributed by atoms with Gasteiger partial charge in [-0.1, -0.05) is 19.9 Å². The summed E-state index contributed by atoms with van der Waals surface area (Å²) in [4.78, 5) is 22.8. The first-order chi connectivity index (χ1) is 17.5. The van der Waals surface area contributed by atoms with Crippen LogP contribution in [0, 0.1) is 5.92 Å². The number of pyridine rings is 1. The molecule has 0 atom stereocenters. The van der Waals surface area contributed by atoms with E-state index in [2.05, 4.69) is 23.1 Å². The van der Waals surface area contributed by atoms with E-state index in [0.29, 0.717) is 26.3 Å². The Morgan fingerprint density at radius 2 is 1.78 bits per heavy atom. The van der Waals surface area contributed by atoms with E-state index in [0.717, 1.165) is 65.3 Å². The summed E-state index contributed by atoms with van der Waals surface area (Å²) in [6.07, 6.45) is 3.47. The highest BCUT2D eigenvalue weighted by atomic mass is 16.7. The molecule has 7 heteroatoms. The van der Waals surface area contributed by atoms with Crippen molar-refractivity contribution in [2.45, 2.75) is 46.2 Å². The molecule has 0 N–H and O–H groups in total. The lowest BCUT2D eigenvalue weighted by Gasteiger charge is -2.32. The Balaban J connectivity index is 1.38. The third-order valence-corrected chi connectivity index (χ3v) is 7.37. The topological polar surface area (TPSA) is 64.1 Å². The predicted octanol–water partition coefficient (Wildman–Crippen LogP) is 4.47. The van der Waals surface area contributed by atoms with Crippen LogP contribution in [-0.2, 0) is 35.5 Å². The van der Waals surface area contributed by atoms with Crippen molar-refractivity contribution >= 4 is 22.6 Å². The number of hydrogen-bond acceptors (Lipinski definition) is 6. The smallest absolute Gasteiger partial charge is 0.231 e. The highest BCUT2D eigenvalue weighted by Gasteiger charge is 2.24. The molecule has 3 aromatic rings. The molecular formula is C29H33N3O4. The van der Waals surface area contributed by atoms with Crippen molar-refractivity contribution in [3.05, 3.63) is 58.7 Å². The molecule has 1 saturated heterocycles. The van der Waals surface area contributed by atoms with Crippen LogP contribution in [0.5, 0.6) is 11.5 Å². The Kier molecular flexibility index (Phi) is 6.17. The number of nitrogens with zero attached hydrogens (tertiary/aromatic N) is 3. The minimum atomic E-state index is -0.109.